The summed E-state index contributed by atoms with van der Waals surface area (Å²) in [4.78, 5) is 50.8. The fourth-order valence-electron chi connectivity index (χ4n) is 3.34. The quantitative estimate of drug-likeness (QED) is 0.348. The molecule has 0 spiro atoms. The number of imide groups is 1. The molecule has 0 saturated heterocycles. The van der Waals surface area contributed by atoms with Gasteiger partial charge in [0, 0.05) is 0 Å². The number of benzene rings is 3. The monoisotopic (exact) mass is 415 g/mol. The fraction of sp³-hybridized carbons (Fsp3) is 0.0833. The molecule has 154 valence electrons. The summed E-state index contributed by atoms with van der Waals surface area (Å²) in [6.45, 7) is -0.445. The Bertz CT molecular complexity index is 1160. The van der Waals surface area contributed by atoms with Crippen molar-refractivity contribution in [3.63, 3.8) is 0 Å². The number of carbonyl (C=O) groups is 4. The van der Waals surface area contributed by atoms with Crippen LogP contribution >= 0.6 is 0 Å². The summed E-state index contributed by atoms with van der Waals surface area (Å²) in [5.41, 5.74) is 1.52. The van der Waals surface area contributed by atoms with Crippen LogP contribution < -0.4 is 9.64 Å². The van der Waals surface area contributed by atoms with Gasteiger partial charge < -0.3 is 9.47 Å². The number of amides is 2. The van der Waals surface area contributed by atoms with Crippen LogP contribution in [0.2, 0.25) is 0 Å². The fourth-order valence-corrected chi connectivity index (χ4v) is 3.34. The Kier molecular flexibility index (Phi) is 5.32. The zero-order valence-corrected chi connectivity index (χ0v) is 16.5. The zero-order chi connectivity index (χ0) is 22.0. The maximum absolute atomic E-state index is 12.6. The first-order valence-corrected chi connectivity index (χ1v) is 9.42. The van der Waals surface area contributed by atoms with E-state index in [4.69, 9.17) is 9.47 Å². The van der Waals surface area contributed by atoms with Crippen LogP contribution in [0, 0.1) is 0 Å². The van der Waals surface area contributed by atoms with Crippen molar-refractivity contribution in [3.8, 4) is 5.75 Å². The number of methoxy groups -OCH3 is 1. The predicted octanol–water partition coefficient (Wildman–Crippen LogP) is 3.54. The lowest BCUT2D eigenvalue weighted by molar-refractivity contribution is 0.0474. The average molecular weight is 415 g/mol. The summed E-state index contributed by atoms with van der Waals surface area (Å²) in [7, 11) is 1.45. The van der Waals surface area contributed by atoms with E-state index >= 15 is 0 Å². The van der Waals surface area contributed by atoms with Crippen LogP contribution in [-0.4, -0.2) is 37.3 Å². The normalized spacial score (nSPS) is 12.5. The lowest BCUT2D eigenvalue weighted by Crippen LogP contribution is -2.29. The lowest BCUT2D eigenvalue weighted by Gasteiger charge is -2.14. The van der Waals surface area contributed by atoms with Crippen molar-refractivity contribution in [1.82, 2.24) is 0 Å². The van der Waals surface area contributed by atoms with Crippen molar-refractivity contribution >= 4 is 29.3 Å². The molecule has 1 aliphatic rings. The Balaban J connectivity index is 1.44. The van der Waals surface area contributed by atoms with Crippen LogP contribution in [0.25, 0.3) is 0 Å². The highest BCUT2D eigenvalue weighted by atomic mass is 16.5. The third-order valence-corrected chi connectivity index (χ3v) is 4.90. The van der Waals surface area contributed by atoms with Gasteiger partial charge in [-0.25, -0.2) is 9.69 Å². The summed E-state index contributed by atoms with van der Waals surface area (Å²) in [5, 5.41) is 0. The van der Waals surface area contributed by atoms with Crippen molar-refractivity contribution in [1.29, 1.82) is 0 Å². The van der Waals surface area contributed by atoms with Gasteiger partial charge in [0.2, 0.25) is 5.78 Å². The molecule has 0 atom stereocenters. The number of esters is 1. The van der Waals surface area contributed by atoms with Gasteiger partial charge in [0.1, 0.15) is 5.75 Å². The van der Waals surface area contributed by atoms with Gasteiger partial charge >= 0.3 is 5.97 Å². The minimum Gasteiger partial charge on any atom is -0.496 e. The van der Waals surface area contributed by atoms with E-state index in [-0.39, 0.29) is 5.56 Å². The second-order valence-corrected chi connectivity index (χ2v) is 6.74. The number of ketones is 1. The first kappa shape index (κ1) is 20.0. The molecule has 3 aromatic carbocycles. The number of Topliss-reactive ketones (excluding diaryl/α,β-unsaturated/α-hetero) is 1. The van der Waals surface area contributed by atoms with Gasteiger partial charge in [0.15, 0.2) is 6.61 Å². The summed E-state index contributed by atoms with van der Waals surface area (Å²) in [6, 6.07) is 19.1. The Hall–Kier alpha value is -4.26. The van der Waals surface area contributed by atoms with Gasteiger partial charge in [0.05, 0.1) is 35.1 Å². The van der Waals surface area contributed by atoms with Crippen LogP contribution in [0.5, 0.6) is 5.75 Å². The molecule has 3 aromatic rings. The van der Waals surface area contributed by atoms with Crippen molar-refractivity contribution in [3.05, 3.63) is 95.1 Å². The standard InChI is InChI=1S/C24H17NO6/c1-30-21-9-5-4-8-19(21)20(26)14-31-24(29)15-10-12-16(13-11-15)25-22(27)17-6-2-3-7-18(17)23(25)28/h2-13H,14H2,1H3. The molecule has 0 radical (unpaired) electrons. The van der Waals surface area contributed by atoms with E-state index in [2.05, 4.69) is 0 Å². The van der Waals surface area contributed by atoms with E-state index < -0.39 is 30.2 Å². The topological polar surface area (TPSA) is 90.0 Å². The molecule has 0 aromatic heterocycles. The summed E-state index contributed by atoms with van der Waals surface area (Å²) in [6.07, 6.45) is 0. The van der Waals surface area contributed by atoms with E-state index in [9.17, 15) is 19.2 Å². The maximum Gasteiger partial charge on any atom is 0.338 e. The van der Waals surface area contributed by atoms with E-state index in [0.29, 0.717) is 28.1 Å². The first-order chi connectivity index (χ1) is 15.0. The molecule has 1 heterocycles. The predicted molar refractivity (Wildman–Crippen MR) is 112 cm³/mol. The number of hydrogen-bond donors (Lipinski definition) is 0. The first-order valence-electron chi connectivity index (χ1n) is 9.42. The zero-order valence-electron chi connectivity index (χ0n) is 16.5. The van der Waals surface area contributed by atoms with E-state index in [1.807, 2.05) is 0 Å². The van der Waals surface area contributed by atoms with Crippen LogP contribution in [-0.2, 0) is 4.74 Å². The number of ether oxygens (including phenoxy) is 2. The molecule has 0 aliphatic carbocycles. The molecular weight excluding hydrogens is 398 g/mol. The highest BCUT2D eigenvalue weighted by molar-refractivity contribution is 6.34. The summed E-state index contributed by atoms with van der Waals surface area (Å²) >= 11 is 0. The van der Waals surface area contributed by atoms with Crippen molar-refractivity contribution in [2.24, 2.45) is 0 Å². The summed E-state index contributed by atoms with van der Waals surface area (Å²) < 4.78 is 10.3. The van der Waals surface area contributed by atoms with Crippen molar-refractivity contribution in [2.75, 3.05) is 18.6 Å². The van der Waals surface area contributed by atoms with Gasteiger partial charge in [-0.1, -0.05) is 24.3 Å². The van der Waals surface area contributed by atoms with Crippen LogP contribution in [0.3, 0.4) is 0 Å². The van der Waals surface area contributed by atoms with Gasteiger partial charge in [-0.2, -0.15) is 0 Å². The number of anilines is 1. The van der Waals surface area contributed by atoms with Gasteiger partial charge in [-0.15, -0.1) is 0 Å². The molecule has 0 saturated carbocycles. The Labute approximate surface area is 177 Å². The summed E-state index contributed by atoms with van der Waals surface area (Å²) in [5.74, 6) is -1.53. The van der Waals surface area contributed by atoms with E-state index in [1.54, 1.807) is 48.5 Å². The molecule has 31 heavy (non-hydrogen) atoms. The number of rotatable bonds is 6. The molecule has 0 unspecified atom stereocenters. The third kappa shape index (κ3) is 3.69. The molecule has 7 heteroatoms. The molecule has 0 fully saturated rings. The molecule has 4 rings (SSSR count). The second-order valence-electron chi connectivity index (χ2n) is 6.74. The average Bonchev–Trinajstić information content (AvgIpc) is 3.07. The number of fused-ring (bicyclic) bond motifs is 1. The highest BCUT2D eigenvalue weighted by Crippen LogP contribution is 2.28. The van der Waals surface area contributed by atoms with Gasteiger partial charge in [-0.3, -0.25) is 14.4 Å². The third-order valence-electron chi connectivity index (χ3n) is 4.90. The highest BCUT2D eigenvalue weighted by Gasteiger charge is 2.36. The molecule has 1 aliphatic heterocycles. The minimum atomic E-state index is -0.697. The number of para-hydroxylation sites is 1. The van der Waals surface area contributed by atoms with Crippen LogP contribution in [0.4, 0.5) is 5.69 Å². The largest absolute Gasteiger partial charge is 0.496 e. The number of carbonyl (C=O) groups excluding carboxylic acids is 4. The maximum atomic E-state index is 12.6. The molecular formula is C24H17NO6. The van der Waals surface area contributed by atoms with Crippen molar-refractivity contribution in [2.45, 2.75) is 0 Å². The number of nitrogens with zero attached hydrogens (tertiary/aromatic N) is 1. The Morgan fingerprint density at radius 1 is 0.806 bits per heavy atom. The molecule has 0 N–H and O–H groups in total. The number of hydrogen-bond acceptors (Lipinski definition) is 6. The van der Waals surface area contributed by atoms with Crippen LogP contribution in [0.1, 0.15) is 41.4 Å². The van der Waals surface area contributed by atoms with E-state index in [1.165, 1.54) is 31.4 Å². The molecule has 7 nitrogen and oxygen atoms in total. The van der Waals surface area contributed by atoms with Crippen LogP contribution in [0.15, 0.2) is 72.8 Å². The SMILES string of the molecule is COc1ccccc1C(=O)COC(=O)c1ccc(N2C(=O)c3ccccc3C2=O)cc1. The Morgan fingerprint density at radius 3 is 2.00 bits per heavy atom. The second kappa shape index (κ2) is 8.23. The lowest BCUT2D eigenvalue weighted by atomic mass is 10.1. The smallest absolute Gasteiger partial charge is 0.338 e. The Morgan fingerprint density at radius 2 is 1.39 bits per heavy atom. The van der Waals surface area contributed by atoms with Crippen molar-refractivity contribution < 1.29 is 28.7 Å². The van der Waals surface area contributed by atoms with Gasteiger partial charge in [-0.05, 0) is 48.5 Å². The molecule has 0 bridgehead atoms. The minimum absolute atomic E-state index is 0.188. The molecule has 2 amide bonds. The van der Waals surface area contributed by atoms with Gasteiger partial charge in [0.25, 0.3) is 11.8 Å². The van der Waals surface area contributed by atoms with E-state index in [0.717, 1.165) is 4.90 Å².